The second kappa shape index (κ2) is 6.81. The van der Waals surface area contributed by atoms with Crippen molar-refractivity contribution in [3.05, 3.63) is 51.8 Å². The summed E-state index contributed by atoms with van der Waals surface area (Å²) in [6.45, 7) is 0. The number of carbonyl (C=O) groups is 2. The second-order valence-electron chi connectivity index (χ2n) is 4.74. The Morgan fingerprint density at radius 2 is 2.08 bits per heavy atom. The molecule has 1 aromatic heterocycles. The Morgan fingerprint density at radius 3 is 2.71 bits per heavy atom. The number of benzene rings is 1. The largest absolute Gasteiger partial charge is 0.493 e. The number of methoxy groups -OCH3 is 1. The summed E-state index contributed by atoms with van der Waals surface area (Å²) in [4.78, 5) is 24.2. The molecule has 6 nitrogen and oxygen atoms in total. The van der Waals surface area contributed by atoms with Crippen LogP contribution in [0.4, 0.5) is 0 Å². The lowest BCUT2D eigenvalue weighted by Gasteiger charge is -2.09. The molecule has 1 amide bonds. The maximum absolute atomic E-state index is 12.0. The van der Waals surface area contributed by atoms with Crippen LogP contribution in [0, 0.1) is 0 Å². The molecule has 0 spiro atoms. The van der Waals surface area contributed by atoms with Crippen LogP contribution in [-0.2, 0) is 4.79 Å². The standard InChI is InChI=1S/C16H12N2O4S2/c1-21-12-8-9(7-10-14(19)18-16(23)17-10)4-5-11(12)22-15(20)13-3-2-6-24-13/h2-8H,1H3,(H2,17,18,19,23)/b10-7-. The molecule has 0 saturated carbocycles. The van der Waals surface area contributed by atoms with E-state index in [0.717, 1.165) is 0 Å². The van der Waals surface area contributed by atoms with Gasteiger partial charge in [0.05, 0.1) is 7.11 Å². The molecule has 2 N–H and O–H groups in total. The Hall–Kier alpha value is -2.71. The van der Waals surface area contributed by atoms with Crippen molar-refractivity contribution in [3.63, 3.8) is 0 Å². The summed E-state index contributed by atoms with van der Waals surface area (Å²) in [7, 11) is 1.48. The summed E-state index contributed by atoms with van der Waals surface area (Å²) in [5.41, 5.74) is 1.04. The summed E-state index contributed by atoms with van der Waals surface area (Å²) in [5.74, 6) is -0.0589. The number of esters is 1. The van der Waals surface area contributed by atoms with E-state index in [1.54, 1.807) is 41.8 Å². The molecule has 0 atom stereocenters. The predicted molar refractivity (Wildman–Crippen MR) is 94.1 cm³/mol. The summed E-state index contributed by atoms with van der Waals surface area (Å²) < 4.78 is 10.6. The van der Waals surface area contributed by atoms with E-state index in [1.807, 2.05) is 0 Å². The van der Waals surface area contributed by atoms with Crippen LogP contribution in [0.2, 0.25) is 0 Å². The highest BCUT2D eigenvalue weighted by molar-refractivity contribution is 7.80. The molecule has 2 aromatic rings. The van der Waals surface area contributed by atoms with Gasteiger partial charge in [-0.05, 0) is 47.4 Å². The van der Waals surface area contributed by atoms with E-state index in [1.165, 1.54) is 18.4 Å². The van der Waals surface area contributed by atoms with Crippen molar-refractivity contribution in [2.45, 2.75) is 0 Å². The zero-order valence-electron chi connectivity index (χ0n) is 12.5. The van der Waals surface area contributed by atoms with Crippen molar-refractivity contribution >= 4 is 46.6 Å². The van der Waals surface area contributed by atoms with Gasteiger partial charge in [0.1, 0.15) is 10.6 Å². The highest BCUT2D eigenvalue weighted by Gasteiger charge is 2.20. The fraction of sp³-hybridized carbons (Fsp3) is 0.0625. The maximum atomic E-state index is 12.0. The van der Waals surface area contributed by atoms with Gasteiger partial charge in [0.25, 0.3) is 5.91 Å². The summed E-state index contributed by atoms with van der Waals surface area (Å²) in [5, 5.41) is 7.31. The van der Waals surface area contributed by atoms with E-state index < -0.39 is 5.97 Å². The molecule has 1 saturated heterocycles. The number of hydrogen-bond donors (Lipinski definition) is 2. The van der Waals surface area contributed by atoms with Gasteiger partial charge in [0, 0.05) is 0 Å². The van der Waals surface area contributed by atoms with Crippen LogP contribution < -0.4 is 20.1 Å². The highest BCUT2D eigenvalue weighted by Crippen LogP contribution is 2.30. The Labute approximate surface area is 147 Å². The van der Waals surface area contributed by atoms with Gasteiger partial charge in [-0.3, -0.25) is 10.1 Å². The van der Waals surface area contributed by atoms with E-state index >= 15 is 0 Å². The highest BCUT2D eigenvalue weighted by atomic mass is 32.1. The molecule has 1 aromatic carbocycles. The minimum absolute atomic E-state index is 0.264. The predicted octanol–water partition coefficient (Wildman–Crippen LogP) is 2.32. The Morgan fingerprint density at radius 1 is 1.25 bits per heavy atom. The van der Waals surface area contributed by atoms with Gasteiger partial charge < -0.3 is 14.8 Å². The molecular weight excluding hydrogens is 348 g/mol. The summed E-state index contributed by atoms with van der Waals surface area (Å²) in [6.07, 6.45) is 1.63. The van der Waals surface area contributed by atoms with Crippen molar-refractivity contribution in [1.82, 2.24) is 10.6 Å². The minimum Gasteiger partial charge on any atom is -0.493 e. The number of rotatable bonds is 4. The molecule has 0 bridgehead atoms. The second-order valence-corrected chi connectivity index (χ2v) is 6.10. The summed E-state index contributed by atoms with van der Waals surface area (Å²) in [6, 6.07) is 8.45. The average Bonchev–Trinajstić information content (AvgIpc) is 3.19. The summed E-state index contributed by atoms with van der Waals surface area (Å²) >= 11 is 6.18. The Kier molecular flexibility index (Phi) is 4.59. The third-order valence-electron chi connectivity index (χ3n) is 3.14. The monoisotopic (exact) mass is 360 g/mol. The Balaban J connectivity index is 1.83. The van der Waals surface area contributed by atoms with Crippen molar-refractivity contribution in [2.24, 2.45) is 0 Å². The lowest BCUT2D eigenvalue weighted by Crippen LogP contribution is -2.21. The number of hydrogen-bond acceptors (Lipinski definition) is 6. The molecule has 24 heavy (non-hydrogen) atoms. The van der Waals surface area contributed by atoms with Crippen LogP contribution in [0.1, 0.15) is 15.2 Å². The number of thiophene rings is 1. The molecule has 1 fully saturated rings. The fourth-order valence-electron chi connectivity index (χ4n) is 2.05. The first kappa shape index (κ1) is 16.2. The average molecular weight is 360 g/mol. The van der Waals surface area contributed by atoms with Crippen LogP contribution in [0.3, 0.4) is 0 Å². The minimum atomic E-state index is -0.448. The molecular formula is C16H12N2O4S2. The quantitative estimate of drug-likeness (QED) is 0.377. The molecule has 1 aliphatic rings. The van der Waals surface area contributed by atoms with Crippen molar-refractivity contribution < 1.29 is 19.1 Å². The molecule has 122 valence electrons. The van der Waals surface area contributed by atoms with Gasteiger partial charge in [-0.15, -0.1) is 11.3 Å². The fourth-order valence-corrected chi connectivity index (χ4v) is 2.85. The zero-order chi connectivity index (χ0) is 17.1. The lowest BCUT2D eigenvalue weighted by atomic mass is 10.1. The van der Waals surface area contributed by atoms with Crippen molar-refractivity contribution in [2.75, 3.05) is 7.11 Å². The number of nitrogens with one attached hydrogen (secondary N) is 2. The van der Waals surface area contributed by atoms with Gasteiger partial charge in [0.2, 0.25) is 0 Å². The van der Waals surface area contributed by atoms with Crippen molar-refractivity contribution in [1.29, 1.82) is 0 Å². The van der Waals surface area contributed by atoms with E-state index in [4.69, 9.17) is 21.7 Å². The van der Waals surface area contributed by atoms with Crippen LogP contribution in [-0.4, -0.2) is 24.1 Å². The van der Waals surface area contributed by atoms with Gasteiger partial charge in [-0.2, -0.15) is 0 Å². The van der Waals surface area contributed by atoms with Gasteiger partial charge in [-0.1, -0.05) is 12.1 Å². The first-order valence-corrected chi connectivity index (χ1v) is 8.13. The lowest BCUT2D eigenvalue weighted by molar-refractivity contribution is -0.115. The third-order valence-corrected chi connectivity index (χ3v) is 4.20. The third kappa shape index (κ3) is 3.44. The van der Waals surface area contributed by atoms with Crippen LogP contribution in [0.5, 0.6) is 11.5 Å². The topological polar surface area (TPSA) is 76.7 Å². The molecule has 0 unspecified atom stereocenters. The van der Waals surface area contributed by atoms with Crippen molar-refractivity contribution in [3.8, 4) is 11.5 Å². The van der Waals surface area contributed by atoms with Gasteiger partial charge in [0.15, 0.2) is 16.6 Å². The number of amides is 1. The van der Waals surface area contributed by atoms with E-state index in [2.05, 4.69) is 10.6 Å². The maximum Gasteiger partial charge on any atom is 0.353 e. The molecule has 2 heterocycles. The van der Waals surface area contributed by atoms with Crippen LogP contribution in [0.15, 0.2) is 41.4 Å². The SMILES string of the molecule is COc1cc(/C=C2\NC(=S)NC2=O)ccc1OC(=O)c1cccs1. The molecule has 1 aliphatic heterocycles. The normalized spacial score (nSPS) is 15.1. The molecule has 0 radical (unpaired) electrons. The zero-order valence-corrected chi connectivity index (χ0v) is 14.1. The van der Waals surface area contributed by atoms with E-state index in [9.17, 15) is 9.59 Å². The van der Waals surface area contributed by atoms with Crippen LogP contribution in [0.25, 0.3) is 6.08 Å². The Bertz CT molecular complexity index is 844. The first-order chi connectivity index (χ1) is 11.6. The van der Waals surface area contributed by atoms with E-state index in [-0.39, 0.29) is 11.0 Å². The van der Waals surface area contributed by atoms with E-state index in [0.29, 0.717) is 27.6 Å². The number of ether oxygens (including phenoxy) is 2. The number of thiocarbonyl (C=S) groups is 1. The molecule has 8 heteroatoms. The molecule has 3 rings (SSSR count). The van der Waals surface area contributed by atoms with Gasteiger partial charge >= 0.3 is 5.97 Å². The number of carbonyl (C=O) groups excluding carboxylic acids is 2. The smallest absolute Gasteiger partial charge is 0.353 e. The van der Waals surface area contributed by atoms with Gasteiger partial charge in [-0.25, -0.2) is 4.79 Å². The van der Waals surface area contributed by atoms with Crippen LogP contribution >= 0.6 is 23.6 Å². The molecule has 0 aliphatic carbocycles. The first-order valence-electron chi connectivity index (χ1n) is 6.84.